The van der Waals surface area contributed by atoms with Crippen molar-refractivity contribution in [2.24, 2.45) is 0 Å². The number of hydrogen-bond acceptors (Lipinski definition) is 0. The van der Waals surface area contributed by atoms with E-state index >= 15 is 0 Å². The molecular weight excluding hydrogens is 305 g/mol. The molecule has 0 unspecified atom stereocenters. The third kappa shape index (κ3) is 6.19. The summed E-state index contributed by atoms with van der Waals surface area (Å²) < 4.78 is 3.83. The Hall–Kier alpha value is 1.34. The standard InChI is InChI=1S/4C3H7.2C2H5.Ti.Zn/c4*1-3-2;2*1-2;;/h4*3H,1-2H3;2*1H2,2H3;;. The molecule has 0 rings (SSSR count). The zero-order valence-electron chi connectivity index (χ0n) is 14.9. The zero-order valence-corrected chi connectivity index (χ0v) is 19.5. The molecule has 18 heavy (non-hydrogen) atoms. The Labute approximate surface area is 129 Å². The quantitative estimate of drug-likeness (QED) is 0.441. The Morgan fingerprint density at radius 3 is 0.833 bits per heavy atom. The molecule has 0 radical (unpaired) electrons. The molecule has 0 aliphatic heterocycles. The van der Waals surface area contributed by atoms with Crippen LogP contribution in [0.5, 0.6) is 0 Å². The summed E-state index contributed by atoms with van der Waals surface area (Å²) in [5, 5.41) is 3.06. The molecule has 0 saturated carbocycles. The van der Waals surface area contributed by atoms with Gasteiger partial charge in [0.2, 0.25) is 0 Å². The third-order valence-corrected chi connectivity index (χ3v) is 20.2. The monoisotopic (exact) mass is 342 g/mol. The van der Waals surface area contributed by atoms with E-state index in [9.17, 15) is 0 Å². The molecule has 0 aromatic rings. The molecule has 0 aromatic carbocycles. The molecular formula is C16H38TiZn. The third-order valence-electron chi connectivity index (χ3n) is 4.71. The molecule has 0 aromatic heterocycles. The summed E-state index contributed by atoms with van der Waals surface area (Å²) in [6.07, 6.45) is 0. The first-order valence-electron chi connectivity index (χ1n) is 8.19. The Balaban J connectivity index is 0. The van der Waals surface area contributed by atoms with Crippen LogP contribution in [-0.4, -0.2) is 0 Å². The second kappa shape index (κ2) is 11.0. The first-order valence-corrected chi connectivity index (χ1v) is 16.0. The minimum atomic E-state index is -1.67. The van der Waals surface area contributed by atoms with Crippen LogP contribution >= 0.6 is 0 Å². The van der Waals surface area contributed by atoms with Gasteiger partial charge in [0.15, 0.2) is 0 Å². The molecule has 0 amide bonds. The molecule has 0 saturated heterocycles. The van der Waals surface area contributed by atoms with Gasteiger partial charge in [-0.2, -0.15) is 0 Å². The van der Waals surface area contributed by atoms with E-state index < -0.39 is 16.6 Å². The normalized spacial score (nSPS) is 11.9. The van der Waals surface area contributed by atoms with Crippen molar-refractivity contribution >= 4 is 0 Å². The Morgan fingerprint density at radius 1 is 0.611 bits per heavy atom. The van der Waals surface area contributed by atoms with Crippen molar-refractivity contribution in [2.75, 3.05) is 0 Å². The van der Waals surface area contributed by atoms with Crippen molar-refractivity contribution in [3.63, 3.8) is 0 Å². The maximum atomic E-state index is 2.46. The van der Waals surface area contributed by atoms with Crippen LogP contribution < -0.4 is 0 Å². The molecule has 2 heteroatoms. The molecule has 0 aliphatic rings. The maximum absolute atomic E-state index is 2.46. The fourth-order valence-electron chi connectivity index (χ4n) is 4.35. The SMILES string of the molecule is C[CH2][Zn][CH2]C.C[CH](C)[Ti]([CH](C)C)([CH](C)C)[CH](C)C. The van der Waals surface area contributed by atoms with Gasteiger partial charge in [0.05, 0.1) is 0 Å². The van der Waals surface area contributed by atoms with Gasteiger partial charge in [-0.25, -0.2) is 0 Å². The summed E-state index contributed by atoms with van der Waals surface area (Å²) in [5.41, 5.74) is 0. The fourth-order valence-corrected chi connectivity index (χ4v) is 18.3. The number of rotatable bonds is 6. The first kappa shape index (κ1) is 21.6. The van der Waals surface area contributed by atoms with Gasteiger partial charge in [-0.3, -0.25) is 0 Å². The van der Waals surface area contributed by atoms with Crippen LogP contribution in [0.3, 0.4) is 0 Å². The molecule has 0 N–H and O–H groups in total. The van der Waals surface area contributed by atoms with Crippen LogP contribution in [0.25, 0.3) is 0 Å². The molecule has 0 heterocycles. The van der Waals surface area contributed by atoms with E-state index in [2.05, 4.69) is 69.2 Å². The van der Waals surface area contributed by atoms with Crippen LogP contribution in [0, 0.1) is 0 Å². The Bertz CT molecular complexity index is 146. The van der Waals surface area contributed by atoms with E-state index in [1.807, 2.05) is 0 Å². The van der Waals surface area contributed by atoms with Crippen LogP contribution in [-0.2, 0) is 33.7 Å². The summed E-state index contributed by atoms with van der Waals surface area (Å²) in [5.74, 6) is 0. The van der Waals surface area contributed by atoms with E-state index in [0.29, 0.717) is 0 Å². The van der Waals surface area contributed by atoms with Crippen molar-refractivity contribution < 1.29 is 33.7 Å². The minimum absolute atomic E-state index is 0.0972. The van der Waals surface area contributed by atoms with Crippen LogP contribution in [0.15, 0.2) is 0 Å². The van der Waals surface area contributed by atoms with Gasteiger partial charge < -0.3 is 0 Å². The van der Waals surface area contributed by atoms with Gasteiger partial charge in [0.25, 0.3) is 0 Å². The topological polar surface area (TPSA) is 0 Å². The molecule has 0 nitrogen and oxygen atoms in total. The van der Waals surface area contributed by atoms with Crippen molar-refractivity contribution in [1.82, 2.24) is 0 Å². The predicted octanol–water partition coefficient (Wildman–Crippen LogP) is 7.40. The van der Waals surface area contributed by atoms with Gasteiger partial charge in [-0.15, -0.1) is 0 Å². The fraction of sp³-hybridized carbons (Fsp3) is 1.00. The van der Waals surface area contributed by atoms with Gasteiger partial charge in [-0.1, -0.05) is 0 Å². The Morgan fingerprint density at radius 2 is 0.833 bits per heavy atom. The van der Waals surface area contributed by atoms with Crippen LogP contribution in [0.2, 0.25) is 26.9 Å². The Kier molecular flexibility index (Phi) is 13.3. The average molecular weight is 344 g/mol. The van der Waals surface area contributed by atoms with Crippen molar-refractivity contribution in [3.8, 4) is 0 Å². The summed E-state index contributed by atoms with van der Waals surface area (Å²) >= 11 is -1.57. The van der Waals surface area contributed by atoms with E-state index in [1.54, 1.807) is 0 Å². The van der Waals surface area contributed by atoms with Crippen LogP contribution in [0.1, 0.15) is 69.2 Å². The summed E-state index contributed by atoms with van der Waals surface area (Å²) in [6.45, 7) is 24.3. The molecule has 108 valence electrons. The van der Waals surface area contributed by atoms with Gasteiger partial charge in [0, 0.05) is 0 Å². The predicted molar refractivity (Wildman–Crippen MR) is 81.4 cm³/mol. The van der Waals surface area contributed by atoms with Gasteiger partial charge in [-0.05, 0) is 0 Å². The molecule has 0 aliphatic carbocycles. The molecule has 0 bridgehead atoms. The molecule has 0 spiro atoms. The average Bonchev–Trinajstić information content (AvgIpc) is 2.17. The summed E-state index contributed by atoms with van der Waals surface area (Å²) in [4.78, 5) is 0. The van der Waals surface area contributed by atoms with Gasteiger partial charge in [0.1, 0.15) is 0 Å². The van der Waals surface area contributed by atoms with E-state index in [1.165, 1.54) is 10.0 Å². The summed E-state index contributed by atoms with van der Waals surface area (Å²) in [6, 6.07) is 0. The van der Waals surface area contributed by atoms with Crippen molar-refractivity contribution in [3.05, 3.63) is 0 Å². The molecule has 0 atom stereocenters. The van der Waals surface area contributed by atoms with E-state index in [4.69, 9.17) is 0 Å². The van der Waals surface area contributed by atoms with Crippen LogP contribution in [0.4, 0.5) is 0 Å². The van der Waals surface area contributed by atoms with Gasteiger partial charge >= 0.3 is 130 Å². The zero-order chi connectivity index (χ0) is 14.9. The van der Waals surface area contributed by atoms with Crippen molar-refractivity contribution in [1.29, 1.82) is 0 Å². The summed E-state index contributed by atoms with van der Waals surface area (Å²) in [7, 11) is 0. The second-order valence-electron chi connectivity index (χ2n) is 6.97. The first-order chi connectivity index (χ1) is 8.19. The second-order valence-corrected chi connectivity index (χ2v) is 23.0. The molecule has 0 fully saturated rings. The van der Waals surface area contributed by atoms with Crippen molar-refractivity contribution in [2.45, 2.75) is 96.2 Å². The number of hydrogen-bond donors (Lipinski definition) is 0. The van der Waals surface area contributed by atoms with E-state index in [-0.39, 0.29) is 17.1 Å². The van der Waals surface area contributed by atoms with E-state index in [0.717, 1.165) is 16.9 Å².